The van der Waals surface area contributed by atoms with Crippen molar-refractivity contribution in [3.63, 3.8) is 0 Å². The molecular weight excluding hydrogens is 300 g/mol. The normalized spacial score (nSPS) is 7.35. The summed E-state index contributed by atoms with van der Waals surface area (Å²) in [6.45, 7) is 3.13. The van der Waals surface area contributed by atoms with Crippen LogP contribution in [-0.2, 0) is 4.57 Å². The van der Waals surface area contributed by atoms with E-state index in [1.807, 2.05) is 0 Å². The molecule has 0 aliphatic heterocycles. The van der Waals surface area contributed by atoms with E-state index in [1.165, 1.54) is 0 Å². The van der Waals surface area contributed by atoms with Crippen molar-refractivity contribution in [3.05, 3.63) is 0 Å². The first-order valence-electron chi connectivity index (χ1n) is 3.31. The van der Waals surface area contributed by atoms with Gasteiger partial charge >= 0.3 is 156 Å². The van der Waals surface area contributed by atoms with E-state index in [1.54, 1.807) is 0 Å². The molecule has 0 aromatic heterocycles. The molecular formula is C4H21N3Na5O4P. The Morgan fingerprint density at radius 1 is 0.824 bits per heavy atom. The fraction of sp³-hybridized carbons (Fsp3) is 1.00. The molecule has 0 heterocycles. The summed E-state index contributed by atoms with van der Waals surface area (Å²) in [6.07, 6.45) is 0. The van der Waals surface area contributed by atoms with Crippen LogP contribution >= 0.6 is 7.82 Å². The van der Waals surface area contributed by atoms with Crippen molar-refractivity contribution in [2.24, 2.45) is 11.5 Å². The third-order valence-electron chi connectivity index (χ3n) is 0.642. The van der Waals surface area contributed by atoms with Gasteiger partial charge in [-0.05, 0) is 0 Å². The minimum absolute atomic E-state index is 0. The third-order valence-corrected chi connectivity index (χ3v) is 0.642. The van der Waals surface area contributed by atoms with Crippen molar-refractivity contribution in [3.8, 4) is 0 Å². The van der Waals surface area contributed by atoms with Gasteiger partial charge in [-0.25, -0.2) is 4.57 Å². The molecule has 0 aromatic carbocycles. The Kier molecular flexibility index (Phi) is 83.2. The van der Waals surface area contributed by atoms with E-state index < -0.39 is 7.82 Å². The topological polar surface area (TPSA) is 142 Å². The average Bonchev–Trinajstić information content (AvgIpc) is 1.85. The Morgan fingerprint density at radius 2 is 1.00 bits per heavy atom. The van der Waals surface area contributed by atoms with Crippen LogP contribution in [0.25, 0.3) is 0 Å². The van der Waals surface area contributed by atoms with E-state index in [-0.39, 0.29) is 148 Å². The van der Waals surface area contributed by atoms with Crippen molar-refractivity contribution in [1.82, 2.24) is 5.32 Å². The molecule has 8 N–H and O–H groups in total. The van der Waals surface area contributed by atoms with Crippen LogP contribution < -0.4 is 16.8 Å². The number of hydrogen-bond donors (Lipinski definition) is 6. The Morgan fingerprint density at radius 3 is 1.12 bits per heavy atom. The van der Waals surface area contributed by atoms with Crippen LogP contribution in [0.2, 0.25) is 0 Å². The van der Waals surface area contributed by atoms with Crippen molar-refractivity contribution in [1.29, 1.82) is 0 Å². The van der Waals surface area contributed by atoms with Gasteiger partial charge in [-0.2, -0.15) is 0 Å². The molecule has 0 aliphatic rings. The van der Waals surface area contributed by atoms with Crippen LogP contribution in [0.3, 0.4) is 0 Å². The maximum atomic E-state index is 8.88. The van der Waals surface area contributed by atoms with Gasteiger partial charge < -0.3 is 31.5 Å². The van der Waals surface area contributed by atoms with E-state index in [0.717, 1.165) is 13.1 Å². The zero-order chi connectivity index (χ0) is 10.0. The molecule has 0 amide bonds. The summed E-state index contributed by atoms with van der Waals surface area (Å²) in [5.41, 5.74) is 10.3. The number of rotatable bonds is 4. The molecule has 0 saturated carbocycles. The molecule has 0 atom stereocenters. The first-order valence-corrected chi connectivity index (χ1v) is 4.87. The second kappa shape index (κ2) is 32.8. The summed E-state index contributed by atoms with van der Waals surface area (Å²) in [5.74, 6) is 0. The first-order chi connectivity index (χ1) is 5.41. The SMILES string of the molecule is NCCNCCN.O=P(O)(O)O.[NaH].[NaH].[NaH].[NaH].[NaH]. The van der Waals surface area contributed by atoms with Gasteiger partial charge in [-0.1, -0.05) is 0 Å². The van der Waals surface area contributed by atoms with E-state index in [2.05, 4.69) is 5.32 Å². The van der Waals surface area contributed by atoms with Gasteiger partial charge in [-0.15, -0.1) is 0 Å². The molecule has 0 aromatic rings. The summed E-state index contributed by atoms with van der Waals surface area (Å²) in [5, 5.41) is 3.03. The van der Waals surface area contributed by atoms with Gasteiger partial charge in [0.05, 0.1) is 0 Å². The minimum atomic E-state index is -4.64. The van der Waals surface area contributed by atoms with Crippen molar-refractivity contribution in [2.45, 2.75) is 0 Å². The molecule has 0 aliphatic carbocycles. The van der Waals surface area contributed by atoms with Gasteiger partial charge in [0.1, 0.15) is 0 Å². The molecule has 0 spiro atoms. The average molecular weight is 321 g/mol. The summed E-state index contributed by atoms with van der Waals surface area (Å²) >= 11 is 0. The Hall–Kier alpha value is 4.99. The summed E-state index contributed by atoms with van der Waals surface area (Å²) < 4.78 is 8.88. The fourth-order valence-electron chi connectivity index (χ4n) is 0.329. The quantitative estimate of drug-likeness (QED) is 0.172. The molecule has 0 rings (SSSR count). The number of hydrogen-bond acceptors (Lipinski definition) is 4. The molecule has 0 radical (unpaired) electrons. The predicted molar refractivity (Wildman–Crippen MR) is 81.0 cm³/mol. The standard InChI is InChI=1S/C4H13N3.5Na.H3O4P.5H/c5-1-3-7-4-2-6;;;;;;1-5(2,3)4;;;;;/h7H,1-6H2;;;;;;(H3,1,2,3,4);;;;;. The first kappa shape index (κ1) is 43.1. The molecule has 7 nitrogen and oxygen atoms in total. The molecule has 0 bridgehead atoms. The van der Waals surface area contributed by atoms with Crippen molar-refractivity contribution >= 4 is 156 Å². The van der Waals surface area contributed by atoms with E-state index >= 15 is 0 Å². The number of nitrogens with one attached hydrogen (secondary N) is 1. The van der Waals surface area contributed by atoms with Gasteiger partial charge in [0.15, 0.2) is 0 Å². The molecule has 0 unspecified atom stereocenters. The molecule has 13 heteroatoms. The van der Waals surface area contributed by atoms with Gasteiger partial charge in [0.25, 0.3) is 0 Å². The van der Waals surface area contributed by atoms with E-state index in [9.17, 15) is 0 Å². The maximum absolute atomic E-state index is 8.88. The second-order valence-corrected chi connectivity index (χ2v) is 2.87. The molecule has 86 valence electrons. The number of phosphoric acid groups is 1. The van der Waals surface area contributed by atoms with Crippen LogP contribution in [0.15, 0.2) is 0 Å². The number of nitrogens with two attached hydrogens (primary N) is 2. The summed E-state index contributed by atoms with van der Waals surface area (Å²) in [4.78, 5) is 21.6. The van der Waals surface area contributed by atoms with Crippen LogP contribution in [0.4, 0.5) is 0 Å². The van der Waals surface area contributed by atoms with Crippen molar-refractivity contribution in [2.75, 3.05) is 26.2 Å². The van der Waals surface area contributed by atoms with Gasteiger partial charge in [0, 0.05) is 26.2 Å². The zero-order valence-electron chi connectivity index (χ0n) is 6.68. The second-order valence-electron chi connectivity index (χ2n) is 1.84. The van der Waals surface area contributed by atoms with Crippen LogP contribution in [0.1, 0.15) is 0 Å². The van der Waals surface area contributed by atoms with Crippen molar-refractivity contribution < 1.29 is 19.2 Å². The molecule has 17 heavy (non-hydrogen) atoms. The third kappa shape index (κ3) is 93.7. The van der Waals surface area contributed by atoms with Gasteiger partial charge in [0.2, 0.25) is 0 Å². The molecule has 0 fully saturated rings. The Bertz CT molecular complexity index is 130. The molecule has 0 saturated heterocycles. The van der Waals surface area contributed by atoms with Crippen LogP contribution in [0, 0.1) is 0 Å². The van der Waals surface area contributed by atoms with E-state index in [0.29, 0.717) is 13.1 Å². The summed E-state index contributed by atoms with van der Waals surface area (Å²) in [6, 6.07) is 0. The van der Waals surface area contributed by atoms with E-state index in [4.69, 9.17) is 30.7 Å². The zero-order valence-corrected chi connectivity index (χ0v) is 7.57. The Labute approximate surface area is 213 Å². The summed E-state index contributed by atoms with van der Waals surface area (Å²) in [7, 11) is -4.64. The van der Waals surface area contributed by atoms with Crippen LogP contribution in [0.5, 0.6) is 0 Å². The van der Waals surface area contributed by atoms with Gasteiger partial charge in [-0.3, -0.25) is 0 Å². The monoisotopic (exact) mass is 321 g/mol. The fourth-order valence-corrected chi connectivity index (χ4v) is 0.329. The Balaban J connectivity index is -0.0000000187. The predicted octanol–water partition coefficient (Wildman–Crippen LogP) is -5.68. The van der Waals surface area contributed by atoms with Crippen LogP contribution in [-0.4, -0.2) is 189 Å².